The molecule has 0 aliphatic heterocycles. The summed E-state index contributed by atoms with van der Waals surface area (Å²) >= 11 is 0. The summed E-state index contributed by atoms with van der Waals surface area (Å²) in [6.07, 6.45) is -0.339. The number of carboxylic acid groups (broad SMARTS) is 1. The van der Waals surface area contributed by atoms with Gasteiger partial charge < -0.3 is 10.1 Å². The highest BCUT2D eigenvalue weighted by Gasteiger charge is 2.12. The Morgan fingerprint density at radius 3 is 2.82 bits per heavy atom. The van der Waals surface area contributed by atoms with Crippen LogP contribution in [-0.2, 0) is 11.2 Å². The Balaban J connectivity index is 2.76. The fourth-order valence-corrected chi connectivity index (χ4v) is 1.84. The maximum absolute atomic E-state index is 13.0. The number of carbonyl (C=O) groups is 1. The molecular weight excluding hydrogens is 225 g/mol. The Hall–Kier alpha value is -2.17. The fourth-order valence-electron chi connectivity index (χ4n) is 1.84. The molecule has 0 aliphatic rings. The largest absolute Gasteiger partial charge is 0.481 e. The summed E-state index contributed by atoms with van der Waals surface area (Å²) < 4.78 is 13.0. The molecule has 0 fully saturated rings. The maximum Gasteiger partial charge on any atom is 0.308 e. The first-order chi connectivity index (χ1) is 7.99. The monoisotopic (exact) mass is 235 g/mol. The van der Waals surface area contributed by atoms with Crippen molar-refractivity contribution in [3.63, 3.8) is 0 Å². The number of aromatic amines is 1. The summed E-state index contributed by atoms with van der Waals surface area (Å²) in [5.74, 6) is -1.52. The van der Waals surface area contributed by atoms with E-state index in [4.69, 9.17) is 5.11 Å². The van der Waals surface area contributed by atoms with Gasteiger partial charge >= 0.3 is 5.97 Å². The molecule has 2 N–H and O–H groups in total. The Kier molecular flexibility index (Phi) is 2.67. The number of benzene rings is 1. The molecule has 0 bridgehead atoms. The van der Waals surface area contributed by atoms with Crippen molar-refractivity contribution in [2.45, 2.75) is 13.3 Å². The van der Waals surface area contributed by atoms with Crippen LogP contribution in [0, 0.1) is 12.7 Å². The number of nitrogens with one attached hydrogen (secondary N) is 1. The minimum atomic E-state index is -1.07. The van der Waals surface area contributed by atoms with Crippen LogP contribution in [-0.4, -0.2) is 16.1 Å². The highest BCUT2D eigenvalue weighted by atomic mass is 19.1. The maximum atomic E-state index is 13.0. The third-order valence-electron chi connectivity index (χ3n) is 2.69. The number of aryl methyl sites for hydroxylation is 1. The number of aromatic nitrogens is 1. The Bertz CT molecular complexity index is 661. The molecule has 1 heterocycles. The Labute approximate surface area is 95.7 Å². The lowest BCUT2D eigenvalue weighted by atomic mass is 10.0. The lowest BCUT2D eigenvalue weighted by molar-refractivity contribution is -0.136. The fraction of sp³-hybridized carbons (Fsp3) is 0.167. The van der Waals surface area contributed by atoms with Gasteiger partial charge in [0, 0.05) is 10.9 Å². The van der Waals surface area contributed by atoms with Gasteiger partial charge in [-0.05, 0) is 30.7 Å². The summed E-state index contributed by atoms with van der Waals surface area (Å²) in [6.45, 7) is 1.66. The minimum Gasteiger partial charge on any atom is -0.481 e. The molecule has 1 aromatic carbocycles. The van der Waals surface area contributed by atoms with Crippen molar-refractivity contribution in [3.8, 4) is 0 Å². The number of H-pyrrole nitrogens is 1. The predicted molar refractivity (Wildman–Crippen MR) is 60.6 cm³/mol. The molecule has 2 aromatic rings. The second-order valence-electron chi connectivity index (χ2n) is 3.82. The van der Waals surface area contributed by atoms with Crippen LogP contribution in [0.1, 0.15) is 11.1 Å². The number of carboxylic acids is 1. The Morgan fingerprint density at radius 1 is 1.47 bits per heavy atom. The number of hydrogen-bond donors (Lipinski definition) is 2. The zero-order chi connectivity index (χ0) is 12.6. The second-order valence-corrected chi connectivity index (χ2v) is 3.82. The summed E-state index contributed by atoms with van der Waals surface area (Å²) in [6, 6.07) is 4.02. The molecule has 1 aromatic heterocycles. The molecule has 0 saturated carbocycles. The number of pyridine rings is 1. The van der Waals surface area contributed by atoms with Crippen LogP contribution in [0.15, 0.2) is 23.0 Å². The molecule has 4 nitrogen and oxygen atoms in total. The molecule has 0 spiro atoms. The van der Waals surface area contributed by atoms with Crippen LogP contribution in [0.25, 0.3) is 10.9 Å². The molecule has 88 valence electrons. The van der Waals surface area contributed by atoms with Crippen LogP contribution in [0.2, 0.25) is 0 Å². The van der Waals surface area contributed by atoms with E-state index in [0.717, 1.165) is 0 Å². The van der Waals surface area contributed by atoms with E-state index in [2.05, 4.69) is 4.98 Å². The molecule has 5 heteroatoms. The van der Waals surface area contributed by atoms with Gasteiger partial charge in [-0.2, -0.15) is 0 Å². The van der Waals surface area contributed by atoms with Crippen molar-refractivity contribution in [2.24, 2.45) is 0 Å². The van der Waals surface area contributed by atoms with Crippen molar-refractivity contribution >= 4 is 16.9 Å². The molecule has 0 amide bonds. The van der Waals surface area contributed by atoms with Gasteiger partial charge in [0.2, 0.25) is 0 Å². The van der Waals surface area contributed by atoms with Crippen LogP contribution >= 0.6 is 0 Å². The van der Waals surface area contributed by atoms with E-state index in [9.17, 15) is 14.0 Å². The lowest BCUT2D eigenvalue weighted by Gasteiger charge is -2.06. The number of halogens is 1. The molecule has 0 saturated heterocycles. The van der Waals surface area contributed by atoms with Gasteiger partial charge in [0.15, 0.2) is 0 Å². The average molecular weight is 235 g/mol. The first-order valence-corrected chi connectivity index (χ1v) is 5.02. The molecule has 17 heavy (non-hydrogen) atoms. The van der Waals surface area contributed by atoms with Crippen molar-refractivity contribution in [2.75, 3.05) is 0 Å². The van der Waals surface area contributed by atoms with Gasteiger partial charge in [0.1, 0.15) is 5.82 Å². The van der Waals surface area contributed by atoms with E-state index in [1.54, 1.807) is 6.92 Å². The second kappa shape index (κ2) is 4.01. The van der Waals surface area contributed by atoms with Crippen LogP contribution in [0.3, 0.4) is 0 Å². The lowest BCUT2D eigenvalue weighted by Crippen LogP contribution is -2.18. The smallest absolute Gasteiger partial charge is 0.308 e. The standard InChI is InChI=1S/C12H10FNO3/c1-6-8-3-2-7(13)4-10(8)14-12(17)9(6)5-11(15)16/h2-4H,5H2,1H3,(H,14,17)(H,15,16). The first kappa shape index (κ1) is 11.3. The molecule has 0 radical (unpaired) electrons. The van der Waals surface area contributed by atoms with Crippen molar-refractivity contribution < 1.29 is 14.3 Å². The van der Waals surface area contributed by atoms with Crippen molar-refractivity contribution in [1.29, 1.82) is 0 Å². The normalized spacial score (nSPS) is 10.7. The summed E-state index contributed by atoms with van der Waals surface area (Å²) in [4.78, 5) is 24.8. The molecule has 0 unspecified atom stereocenters. The van der Waals surface area contributed by atoms with Gasteiger partial charge in [-0.15, -0.1) is 0 Å². The first-order valence-electron chi connectivity index (χ1n) is 5.02. The van der Waals surface area contributed by atoms with E-state index in [1.165, 1.54) is 18.2 Å². The average Bonchev–Trinajstić information content (AvgIpc) is 2.23. The third-order valence-corrected chi connectivity index (χ3v) is 2.69. The molecular formula is C12H10FNO3. The zero-order valence-electron chi connectivity index (χ0n) is 9.08. The van der Waals surface area contributed by atoms with Crippen molar-refractivity contribution in [1.82, 2.24) is 4.98 Å². The van der Waals surface area contributed by atoms with E-state index in [0.29, 0.717) is 16.5 Å². The SMILES string of the molecule is Cc1c(CC(=O)O)c(=O)[nH]c2cc(F)ccc12. The van der Waals surface area contributed by atoms with Crippen LogP contribution in [0.5, 0.6) is 0 Å². The number of hydrogen-bond acceptors (Lipinski definition) is 2. The molecule has 2 rings (SSSR count). The van der Waals surface area contributed by atoms with E-state index in [1.807, 2.05) is 0 Å². The van der Waals surface area contributed by atoms with Gasteiger partial charge in [0.05, 0.1) is 11.9 Å². The topological polar surface area (TPSA) is 70.2 Å². The van der Waals surface area contributed by atoms with Crippen molar-refractivity contribution in [3.05, 3.63) is 45.5 Å². The summed E-state index contributed by atoms with van der Waals surface area (Å²) in [5, 5.41) is 9.37. The molecule has 0 atom stereocenters. The van der Waals surface area contributed by atoms with Gasteiger partial charge in [-0.25, -0.2) is 4.39 Å². The van der Waals surface area contributed by atoms with Crippen LogP contribution < -0.4 is 5.56 Å². The quantitative estimate of drug-likeness (QED) is 0.830. The minimum absolute atomic E-state index is 0.205. The van der Waals surface area contributed by atoms with E-state index >= 15 is 0 Å². The van der Waals surface area contributed by atoms with Gasteiger partial charge in [0.25, 0.3) is 5.56 Å². The highest BCUT2D eigenvalue weighted by Crippen LogP contribution is 2.18. The third kappa shape index (κ3) is 2.04. The van der Waals surface area contributed by atoms with Gasteiger partial charge in [-0.3, -0.25) is 9.59 Å². The zero-order valence-corrected chi connectivity index (χ0v) is 9.08. The number of fused-ring (bicyclic) bond motifs is 1. The summed E-state index contributed by atoms with van der Waals surface area (Å²) in [5.41, 5.74) is 0.674. The van der Waals surface area contributed by atoms with E-state index < -0.39 is 17.3 Å². The highest BCUT2D eigenvalue weighted by molar-refractivity contribution is 5.84. The van der Waals surface area contributed by atoms with Crippen LogP contribution in [0.4, 0.5) is 4.39 Å². The van der Waals surface area contributed by atoms with E-state index in [-0.39, 0.29) is 12.0 Å². The number of rotatable bonds is 2. The molecule has 0 aliphatic carbocycles. The number of aliphatic carboxylic acids is 1. The Morgan fingerprint density at radius 2 is 2.18 bits per heavy atom. The van der Waals surface area contributed by atoms with Gasteiger partial charge in [-0.1, -0.05) is 0 Å². The predicted octanol–water partition coefficient (Wildman–Crippen LogP) is 1.60. The summed E-state index contributed by atoms with van der Waals surface area (Å²) in [7, 11) is 0.